The van der Waals surface area contributed by atoms with E-state index in [1.54, 1.807) is 18.3 Å². The predicted octanol–water partition coefficient (Wildman–Crippen LogP) is 4.06. The Morgan fingerprint density at radius 3 is 2.72 bits per heavy atom. The summed E-state index contributed by atoms with van der Waals surface area (Å²) in [6, 6.07) is 4.47. The number of carbonyl (C=O) groups excluding carboxylic acids is 1. The summed E-state index contributed by atoms with van der Waals surface area (Å²) in [5, 5.41) is 9.24. The van der Waals surface area contributed by atoms with Gasteiger partial charge in [0, 0.05) is 0 Å². The number of anilines is 1. The Labute approximate surface area is 171 Å². The number of nitrogens with one attached hydrogen (secondary N) is 1. The molecule has 0 bridgehead atoms. The highest BCUT2D eigenvalue weighted by Gasteiger charge is 2.37. The number of aromatic amines is 1. The predicted molar refractivity (Wildman–Crippen MR) is 111 cm³/mol. The molecule has 1 saturated heterocycles. The lowest BCUT2D eigenvalue weighted by atomic mass is 10.1. The van der Waals surface area contributed by atoms with E-state index in [2.05, 4.69) is 43.8 Å². The zero-order valence-corrected chi connectivity index (χ0v) is 18.5. The number of amides is 1. The maximum atomic E-state index is 14.7. The minimum absolute atomic E-state index is 0.101. The van der Waals surface area contributed by atoms with Crippen molar-refractivity contribution in [1.82, 2.24) is 9.97 Å². The summed E-state index contributed by atoms with van der Waals surface area (Å²) in [7, 11) is -1.90. The number of ether oxygens (including phenoxy) is 1. The minimum Gasteiger partial charge on any atom is -0.441 e. The van der Waals surface area contributed by atoms with Crippen molar-refractivity contribution in [2.24, 2.45) is 0 Å². The van der Waals surface area contributed by atoms with Crippen LogP contribution in [0.15, 0.2) is 24.4 Å². The van der Waals surface area contributed by atoms with Crippen molar-refractivity contribution in [2.45, 2.75) is 51.6 Å². The highest BCUT2D eigenvalue weighted by molar-refractivity contribution is 6.74. The van der Waals surface area contributed by atoms with Crippen LogP contribution in [0.2, 0.25) is 18.1 Å². The number of aromatic nitrogens is 2. The fourth-order valence-corrected chi connectivity index (χ4v) is 3.68. The Morgan fingerprint density at radius 1 is 1.41 bits per heavy atom. The first-order chi connectivity index (χ1) is 13.5. The fraction of sp³-hybridized carbons (Fsp3) is 0.500. The largest absolute Gasteiger partial charge is 0.441 e. The molecule has 1 unspecified atom stereocenters. The Hall–Kier alpha value is -2.23. The van der Waals surface area contributed by atoms with Crippen LogP contribution >= 0.6 is 0 Å². The number of nitrogens with zero attached hydrogens (tertiary/aromatic N) is 2. The van der Waals surface area contributed by atoms with Crippen molar-refractivity contribution in [1.29, 1.82) is 0 Å². The molecule has 1 aromatic heterocycles. The third-order valence-electron chi connectivity index (χ3n) is 5.62. The van der Waals surface area contributed by atoms with Gasteiger partial charge in [0.1, 0.15) is 17.7 Å². The molecule has 29 heavy (non-hydrogen) atoms. The van der Waals surface area contributed by atoms with Gasteiger partial charge in [-0.1, -0.05) is 20.8 Å². The van der Waals surface area contributed by atoms with Gasteiger partial charge in [-0.25, -0.2) is 14.2 Å². The molecule has 0 aliphatic carbocycles. The van der Waals surface area contributed by atoms with Gasteiger partial charge in [-0.2, -0.15) is 0 Å². The van der Waals surface area contributed by atoms with Gasteiger partial charge >= 0.3 is 6.09 Å². The molecular weight excluding hydrogens is 393 g/mol. The molecule has 1 aromatic carbocycles. The van der Waals surface area contributed by atoms with E-state index in [0.29, 0.717) is 23.7 Å². The number of hydrogen-bond acceptors (Lipinski definition) is 5. The zero-order valence-electron chi connectivity index (χ0n) is 17.5. The molecule has 2 N–H and O–H groups in total. The van der Waals surface area contributed by atoms with E-state index in [4.69, 9.17) is 14.3 Å². The molecule has 0 radical (unpaired) electrons. The number of carbonyl (C=O) groups is 1. The summed E-state index contributed by atoms with van der Waals surface area (Å²) in [5.41, 5.74) is 1.46. The number of H-pyrrole nitrogens is 1. The van der Waals surface area contributed by atoms with Crippen LogP contribution in [0.4, 0.5) is 14.9 Å². The summed E-state index contributed by atoms with van der Waals surface area (Å²) in [6.45, 7) is 11.2. The first-order valence-corrected chi connectivity index (χ1v) is 12.5. The molecule has 0 saturated carbocycles. The van der Waals surface area contributed by atoms with E-state index in [0.717, 1.165) is 5.69 Å². The quantitative estimate of drug-likeness (QED) is 0.687. The Kier molecular flexibility index (Phi) is 5.84. The summed E-state index contributed by atoms with van der Waals surface area (Å²) >= 11 is 0. The zero-order chi connectivity index (χ0) is 21.4. The van der Waals surface area contributed by atoms with Crippen molar-refractivity contribution >= 4 is 20.1 Å². The molecule has 2 aromatic rings. The van der Waals surface area contributed by atoms with Gasteiger partial charge < -0.3 is 19.3 Å². The fourth-order valence-electron chi connectivity index (χ4n) is 2.74. The molecule has 158 valence electrons. The second-order valence-corrected chi connectivity index (χ2v) is 13.6. The number of rotatable bonds is 6. The number of aliphatic hydroxyl groups excluding tert-OH is 1. The molecular formula is C20H28FN3O4Si. The van der Waals surface area contributed by atoms with Gasteiger partial charge in [-0.3, -0.25) is 4.90 Å². The lowest BCUT2D eigenvalue weighted by Gasteiger charge is -2.35. The molecule has 0 spiro atoms. The lowest BCUT2D eigenvalue weighted by Crippen LogP contribution is -2.40. The third kappa shape index (κ3) is 4.52. The van der Waals surface area contributed by atoms with Gasteiger partial charge in [0.2, 0.25) is 0 Å². The topological polar surface area (TPSA) is 87.7 Å². The van der Waals surface area contributed by atoms with Gasteiger partial charge in [-0.15, -0.1) is 0 Å². The molecule has 2 heterocycles. The molecule has 1 atom stereocenters. The number of halogens is 1. The van der Waals surface area contributed by atoms with E-state index >= 15 is 0 Å². The van der Waals surface area contributed by atoms with E-state index in [9.17, 15) is 9.18 Å². The van der Waals surface area contributed by atoms with Crippen LogP contribution in [-0.2, 0) is 15.8 Å². The van der Waals surface area contributed by atoms with E-state index in [-0.39, 0.29) is 18.2 Å². The summed E-state index contributed by atoms with van der Waals surface area (Å²) in [6.07, 6.45) is 0.456. The highest BCUT2D eigenvalue weighted by Crippen LogP contribution is 2.37. The molecule has 1 fully saturated rings. The van der Waals surface area contributed by atoms with E-state index < -0.39 is 26.3 Å². The molecule has 1 amide bonds. The van der Waals surface area contributed by atoms with Crippen LogP contribution in [-0.4, -0.2) is 48.7 Å². The van der Waals surface area contributed by atoms with Crippen LogP contribution in [0.3, 0.4) is 0 Å². The van der Waals surface area contributed by atoms with Crippen LogP contribution in [0.1, 0.15) is 26.5 Å². The maximum absolute atomic E-state index is 14.7. The second kappa shape index (κ2) is 7.89. The van der Waals surface area contributed by atoms with Crippen LogP contribution < -0.4 is 4.90 Å². The highest BCUT2D eigenvalue weighted by atomic mass is 28.4. The van der Waals surface area contributed by atoms with Gasteiger partial charge in [0.15, 0.2) is 8.32 Å². The summed E-state index contributed by atoms with van der Waals surface area (Å²) in [4.78, 5) is 20.6. The molecule has 1 aliphatic rings. The van der Waals surface area contributed by atoms with E-state index in [1.165, 1.54) is 11.0 Å². The monoisotopic (exact) mass is 421 g/mol. The number of imidazole rings is 1. The Bertz CT molecular complexity index is 894. The molecule has 3 rings (SSSR count). The molecule has 7 nitrogen and oxygen atoms in total. The Morgan fingerprint density at radius 2 is 2.14 bits per heavy atom. The van der Waals surface area contributed by atoms with Crippen LogP contribution in [0.25, 0.3) is 11.4 Å². The minimum atomic E-state index is -1.90. The molecule has 1 aliphatic heterocycles. The number of cyclic esters (lactones) is 1. The first-order valence-electron chi connectivity index (χ1n) is 9.58. The van der Waals surface area contributed by atoms with Crippen molar-refractivity contribution in [3.8, 4) is 11.4 Å². The summed E-state index contributed by atoms with van der Waals surface area (Å²) in [5.74, 6) is -0.103. The standard InChI is InChI=1S/C20H28FN3O4Si/c1-20(2,3)29(4,5)27-12-13-9-22-18(23-13)16-7-6-14(8-17(16)21)24-10-15(11-25)28-19(24)26/h6-9,15,25H,10-12H2,1-5H3,(H,22,23). The van der Waals surface area contributed by atoms with Crippen molar-refractivity contribution in [2.75, 3.05) is 18.1 Å². The number of benzene rings is 1. The number of hydrogen-bond donors (Lipinski definition) is 2. The second-order valence-electron chi connectivity index (χ2n) is 8.77. The lowest BCUT2D eigenvalue weighted by molar-refractivity contribution is 0.0963. The molecule has 9 heteroatoms. The summed E-state index contributed by atoms with van der Waals surface area (Å²) < 4.78 is 25.9. The van der Waals surface area contributed by atoms with Crippen LogP contribution in [0.5, 0.6) is 0 Å². The normalized spacial score (nSPS) is 17.7. The van der Waals surface area contributed by atoms with Gasteiger partial charge in [0.05, 0.1) is 42.9 Å². The van der Waals surface area contributed by atoms with Crippen molar-refractivity contribution < 1.29 is 23.5 Å². The van der Waals surface area contributed by atoms with Crippen molar-refractivity contribution in [3.05, 3.63) is 35.9 Å². The third-order valence-corrected chi connectivity index (χ3v) is 10.1. The Balaban J connectivity index is 1.73. The van der Waals surface area contributed by atoms with E-state index in [1.807, 2.05) is 0 Å². The average molecular weight is 422 g/mol. The van der Waals surface area contributed by atoms with Gasteiger partial charge in [-0.05, 0) is 36.3 Å². The number of aliphatic hydroxyl groups is 1. The first kappa shape index (κ1) is 21.5. The average Bonchev–Trinajstić information content (AvgIpc) is 3.25. The maximum Gasteiger partial charge on any atom is 0.414 e. The van der Waals surface area contributed by atoms with Crippen molar-refractivity contribution in [3.63, 3.8) is 0 Å². The smallest absolute Gasteiger partial charge is 0.414 e. The SMILES string of the molecule is CC(C)(C)[Si](C)(C)OCc1cnc(-c2ccc(N3CC(CO)OC3=O)cc2F)[nH]1. The van der Waals surface area contributed by atoms with Crippen LogP contribution in [0, 0.1) is 5.82 Å². The van der Waals surface area contributed by atoms with Gasteiger partial charge in [0.25, 0.3) is 0 Å².